The Morgan fingerprint density at radius 2 is 1.82 bits per heavy atom. The lowest BCUT2D eigenvalue weighted by atomic mass is 9.91. The monoisotopic (exact) mass is 446 g/mol. The minimum atomic E-state index is -0.337. The van der Waals surface area contributed by atoms with Gasteiger partial charge in [-0.1, -0.05) is 42.5 Å². The first-order chi connectivity index (χ1) is 16.0. The Bertz CT molecular complexity index is 1140. The van der Waals surface area contributed by atoms with Crippen molar-refractivity contribution in [3.63, 3.8) is 0 Å². The van der Waals surface area contributed by atoms with Gasteiger partial charge in [-0.25, -0.2) is 4.98 Å². The maximum absolute atomic E-state index is 13.4. The van der Waals surface area contributed by atoms with Crippen LogP contribution in [-0.4, -0.2) is 64.5 Å². The highest BCUT2D eigenvalue weighted by Gasteiger charge is 2.33. The van der Waals surface area contributed by atoms with Crippen molar-refractivity contribution >= 4 is 11.8 Å². The molecule has 2 aromatic carbocycles. The molecule has 0 spiro atoms. The van der Waals surface area contributed by atoms with E-state index in [0.29, 0.717) is 38.3 Å². The highest BCUT2D eigenvalue weighted by Crippen LogP contribution is 2.33. The number of para-hydroxylation sites is 1. The van der Waals surface area contributed by atoms with E-state index >= 15 is 0 Å². The van der Waals surface area contributed by atoms with Gasteiger partial charge < -0.3 is 19.1 Å². The summed E-state index contributed by atoms with van der Waals surface area (Å²) in [7, 11) is 3.50. The summed E-state index contributed by atoms with van der Waals surface area (Å²) in [6.07, 6.45) is 3.88. The van der Waals surface area contributed by atoms with Crippen molar-refractivity contribution in [2.24, 2.45) is 13.0 Å². The predicted molar refractivity (Wildman–Crippen MR) is 127 cm³/mol. The lowest BCUT2D eigenvalue weighted by Crippen LogP contribution is -2.38. The molecular weight excluding hydrogens is 416 g/mol. The van der Waals surface area contributed by atoms with Crippen LogP contribution >= 0.6 is 0 Å². The standard InChI is InChI=1S/C26H30N4O3/c1-4-29-13-14-30(26(32)23-17-28(2)18-27-23)16-20(25(29)31)15-19-9-5-6-10-21(19)22-11-7-8-12-24(22)33-3/h5-12,17-18,20H,4,13-16H2,1-3H3. The first-order valence-corrected chi connectivity index (χ1v) is 11.3. The molecular formula is C26H30N4O3. The summed E-state index contributed by atoms with van der Waals surface area (Å²) in [5, 5.41) is 0. The van der Waals surface area contributed by atoms with E-state index in [9.17, 15) is 9.59 Å². The molecule has 0 bridgehead atoms. The number of ether oxygens (including phenoxy) is 1. The Kier molecular flexibility index (Phi) is 6.77. The van der Waals surface area contributed by atoms with Gasteiger partial charge in [0, 0.05) is 45.0 Å². The van der Waals surface area contributed by atoms with Crippen LogP contribution in [0.5, 0.6) is 5.75 Å². The molecule has 1 aliphatic heterocycles. The average molecular weight is 447 g/mol. The van der Waals surface area contributed by atoms with Gasteiger partial charge in [-0.2, -0.15) is 0 Å². The molecule has 1 atom stereocenters. The molecule has 0 saturated carbocycles. The Morgan fingerprint density at radius 3 is 2.52 bits per heavy atom. The number of benzene rings is 2. The number of nitrogens with zero attached hydrogens (tertiary/aromatic N) is 4. The van der Waals surface area contributed by atoms with Gasteiger partial charge in [0.15, 0.2) is 0 Å². The lowest BCUT2D eigenvalue weighted by molar-refractivity contribution is -0.134. The largest absolute Gasteiger partial charge is 0.496 e. The summed E-state index contributed by atoms with van der Waals surface area (Å²) < 4.78 is 7.34. The van der Waals surface area contributed by atoms with E-state index in [2.05, 4.69) is 17.1 Å². The summed E-state index contributed by atoms with van der Waals surface area (Å²) >= 11 is 0. The number of likely N-dealkylation sites (N-methyl/N-ethyl adjacent to an activating group) is 1. The summed E-state index contributed by atoms with van der Waals surface area (Å²) in [6, 6.07) is 16.0. The van der Waals surface area contributed by atoms with Gasteiger partial charge in [-0.05, 0) is 30.5 Å². The third-order valence-corrected chi connectivity index (χ3v) is 6.22. The van der Waals surface area contributed by atoms with Crippen LogP contribution < -0.4 is 4.74 Å². The van der Waals surface area contributed by atoms with Crippen molar-refractivity contribution < 1.29 is 14.3 Å². The highest BCUT2D eigenvalue weighted by molar-refractivity contribution is 5.93. The Balaban J connectivity index is 1.65. The average Bonchev–Trinajstić information content (AvgIpc) is 3.22. The van der Waals surface area contributed by atoms with Crippen LogP contribution in [0, 0.1) is 5.92 Å². The zero-order valence-electron chi connectivity index (χ0n) is 19.4. The number of imidazole rings is 1. The molecule has 3 aromatic rings. The molecule has 2 amide bonds. The second kappa shape index (κ2) is 9.90. The maximum atomic E-state index is 13.4. The molecule has 1 saturated heterocycles. The van der Waals surface area contributed by atoms with Crippen LogP contribution in [0.2, 0.25) is 0 Å². The van der Waals surface area contributed by atoms with Crippen LogP contribution in [-0.2, 0) is 18.3 Å². The molecule has 172 valence electrons. The minimum Gasteiger partial charge on any atom is -0.496 e. The summed E-state index contributed by atoms with van der Waals surface area (Å²) in [5.41, 5.74) is 3.50. The lowest BCUT2D eigenvalue weighted by Gasteiger charge is -2.24. The summed E-state index contributed by atoms with van der Waals surface area (Å²) in [4.78, 5) is 34.4. The van der Waals surface area contributed by atoms with Crippen LogP contribution in [0.25, 0.3) is 11.1 Å². The molecule has 33 heavy (non-hydrogen) atoms. The Morgan fingerprint density at radius 1 is 1.09 bits per heavy atom. The Labute approximate surface area is 194 Å². The molecule has 7 nitrogen and oxygen atoms in total. The summed E-state index contributed by atoms with van der Waals surface area (Å²) in [5.74, 6) is 0.406. The molecule has 0 N–H and O–H groups in total. The van der Waals surface area contributed by atoms with Crippen LogP contribution in [0.4, 0.5) is 0 Å². The smallest absolute Gasteiger partial charge is 0.274 e. The number of rotatable bonds is 6. The van der Waals surface area contributed by atoms with Gasteiger partial charge in [0.1, 0.15) is 11.4 Å². The number of hydrogen-bond donors (Lipinski definition) is 0. The van der Waals surface area contributed by atoms with Crippen molar-refractivity contribution in [2.75, 3.05) is 33.3 Å². The maximum Gasteiger partial charge on any atom is 0.274 e. The quantitative estimate of drug-likeness (QED) is 0.583. The Hall–Kier alpha value is -3.61. The van der Waals surface area contributed by atoms with Crippen LogP contribution in [0.15, 0.2) is 61.1 Å². The molecule has 0 aliphatic carbocycles. The third kappa shape index (κ3) is 4.77. The fourth-order valence-electron chi connectivity index (χ4n) is 4.47. The molecule has 1 fully saturated rings. The van der Waals surface area contributed by atoms with Gasteiger partial charge in [-0.3, -0.25) is 9.59 Å². The van der Waals surface area contributed by atoms with Crippen LogP contribution in [0.3, 0.4) is 0 Å². The second-order valence-corrected chi connectivity index (χ2v) is 8.35. The third-order valence-electron chi connectivity index (χ3n) is 6.22. The number of carbonyl (C=O) groups is 2. The van der Waals surface area contributed by atoms with E-state index < -0.39 is 0 Å². The van der Waals surface area contributed by atoms with Gasteiger partial charge in [0.2, 0.25) is 5.91 Å². The number of amides is 2. The summed E-state index contributed by atoms with van der Waals surface area (Å²) in [6.45, 7) is 3.99. The fraction of sp³-hybridized carbons (Fsp3) is 0.346. The number of hydrogen-bond acceptors (Lipinski definition) is 4. The fourth-order valence-corrected chi connectivity index (χ4v) is 4.47. The molecule has 1 aromatic heterocycles. The zero-order valence-corrected chi connectivity index (χ0v) is 19.4. The molecule has 0 radical (unpaired) electrons. The van der Waals surface area contributed by atoms with Gasteiger partial charge in [0.05, 0.1) is 19.4 Å². The van der Waals surface area contributed by atoms with Gasteiger partial charge in [-0.15, -0.1) is 0 Å². The van der Waals surface area contributed by atoms with E-state index in [1.807, 2.05) is 55.3 Å². The van der Waals surface area contributed by atoms with E-state index in [1.54, 1.807) is 29.1 Å². The normalized spacial score (nSPS) is 16.6. The SMILES string of the molecule is CCN1CCN(C(=O)c2cn(C)cn2)CC(Cc2ccccc2-c2ccccc2OC)C1=O. The van der Waals surface area contributed by atoms with E-state index in [0.717, 1.165) is 22.4 Å². The molecule has 1 unspecified atom stereocenters. The van der Waals surface area contributed by atoms with Crippen molar-refractivity contribution in [1.29, 1.82) is 0 Å². The van der Waals surface area contributed by atoms with E-state index in [4.69, 9.17) is 4.74 Å². The number of aryl methyl sites for hydroxylation is 1. The number of carbonyl (C=O) groups excluding carboxylic acids is 2. The topological polar surface area (TPSA) is 67.7 Å². The minimum absolute atomic E-state index is 0.0867. The predicted octanol–water partition coefficient (Wildman–Crippen LogP) is 3.26. The first kappa shape index (κ1) is 22.6. The highest BCUT2D eigenvalue weighted by atomic mass is 16.5. The van der Waals surface area contributed by atoms with Crippen LogP contribution in [0.1, 0.15) is 23.0 Å². The molecule has 4 rings (SSSR count). The molecule has 2 heterocycles. The van der Waals surface area contributed by atoms with Gasteiger partial charge in [0.25, 0.3) is 5.91 Å². The van der Waals surface area contributed by atoms with Crippen molar-refractivity contribution in [2.45, 2.75) is 13.3 Å². The van der Waals surface area contributed by atoms with Crippen molar-refractivity contribution in [3.8, 4) is 16.9 Å². The zero-order chi connectivity index (χ0) is 23.4. The van der Waals surface area contributed by atoms with E-state index in [1.165, 1.54) is 0 Å². The van der Waals surface area contributed by atoms with Crippen molar-refractivity contribution in [3.05, 3.63) is 72.3 Å². The number of methoxy groups -OCH3 is 1. The van der Waals surface area contributed by atoms with Crippen molar-refractivity contribution in [1.82, 2.24) is 19.4 Å². The molecule has 7 heteroatoms. The second-order valence-electron chi connectivity index (χ2n) is 8.35. The first-order valence-electron chi connectivity index (χ1n) is 11.3. The van der Waals surface area contributed by atoms with E-state index in [-0.39, 0.29) is 17.7 Å². The molecule has 1 aliphatic rings. The van der Waals surface area contributed by atoms with Gasteiger partial charge >= 0.3 is 0 Å². The number of aromatic nitrogens is 2.